The van der Waals surface area contributed by atoms with Gasteiger partial charge >= 0.3 is 0 Å². The molecule has 2 rings (SSSR count). The molecule has 1 aliphatic rings. The van der Waals surface area contributed by atoms with Gasteiger partial charge in [0, 0.05) is 0 Å². The summed E-state index contributed by atoms with van der Waals surface area (Å²) in [6, 6.07) is 8.18. The average molecular weight is 212 g/mol. The molecule has 0 saturated heterocycles. The van der Waals surface area contributed by atoms with Crippen molar-refractivity contribution in [2.45, 2.75) is 26.2 Å². The summed E-state index contributed by atoms with van der Waals surface area (Å²) in [5, 5.41) is 0. The molecule has 1 aliphatic carbocycles. The molecule has 0 aliphatic heterocycles. The smallest absolute Gasteiger partial charge is 0.172 e. The van der Waals surface area contributed by atoms with Gasteiger partial charge in [0.2, 0.25) is 0 Å². The lowest BCUT2D eigenvalue weighted by molar-refractivity contribution is -0.118. The fourth-order valence-corrected chi connectivity index (χ4v) is 2.07. The molecular weight excluding hydrogens is 196 g/mol. The van der Waals surface area contributed by atoms with E-state index in [2.05, 4.69) is 19.1 Å². The van der Waals surface area contributed by atoms with E-state index in [9.17, 15) is 4.79 Å². The van der Waals surface area contributed by atoms with Crippen LogP contribution in [0.4, 0.5) is 0 Å². The Morgan fingerprint density at radius 1 is 1.06 bits per heavy atom. The van der Waals surface area contributed by atoms with Crippen LogP contribution in [0.2, 0.25) is 0 Å². The zero-order valence-electron chi connectivity index (χ0n) is 9.95. The molecule has 0 amide bonds. The maximum Gasteiger partial charge on any atom is 0.172 e. The van der Waals surface area contributed by atoms with E-state index >= 15 is 0 Å². The van der Waals surface area contributed by atoms with Crippen LogP contribution in [0.1, 0.15) is 25.0 Å². The van der Waals surface area contributed by atoms with E-state index in [1.807, 2.05) is 44.2 Å². The molecule has 1 aromatic carbocycles. The Balaban J connectivity index is 2.47. The number of allylic oxidation sites excluding steroid dienone is 4. The van der Waals surface area contributed by atoms with E-state index in [1.165, 1.54) is 5.56 Å². The average Bonchev–Trinajstić information content (AvgIpc) is 2.27. The summed E-state index contributed by atoms with van der Waals surface area (Å²) in [7, 11) is 0. The van der Waals surface area contributed by atoms with Crippen molar-refractivity contribution in [3.05, 3.63) is 59.2 Å². The molecule has 1 heteroatoms. The van der Waals surface area contributed by atoms with Gasteiger partial charge in [-0.15, -0.1) is 0 Å². The van der Waals surface area contributed by atoms with Crippen LogP contribution in [0.3, 0.4) is 0 Å². The lowest BCUT2D eigenvalue weighted by atomic mass is 9.74. The van der Waals surface area contributed by atoms with E-state index in [-0.39, 0.29) is 5.78 Å². The van der Waals surface area contributed by atoms with E-state index in [0.29, 0.717) is 0 Å². The topological polar surface area (TPSA) is 17.1 Å². The van der Waals surface area contributed by atoms with Crippen molar-refractivity contribution in [1.29, 1.82) is 0 Å². The standard InChI is InChI=1S/C15H16O/c1-11-6-8-13(9-7-11)15(3)10-4-5-12(2)14(15)16/h4-10H,1-3H3. The van der Waals surface area contributed by atoms with Gasteiger partial charge in [-0.2, -0.15) is 0 Å². The Morgan fingerprint density at radius 2 is 1.69 bits per heavy atom. The minimum absolute atomic E-state index is 0.193. The Kier molecular flexibility index (Phi) is 2.55. The zero-order chi connectivity index (χ0) is 11.8. The van der Waals surface area contributed by atoms with Crippen molar-refractivity contribution in [2.75, 3.05) is 0 Å². The molecule has 0 bridgehead atoms. The third kappa shape index (κ3) is 1.63. The number of rotatable bonds is 1. The summed E-state index contributed by atoms with van der Waals surface area (Å²) in [6.07, 6.45) is 5.82. The van der Waals surface area contributed by atoms with Crippen LogP contribution in [0.5, 0.6) is 0 Å². The highest BCUT2D eigenvalue weighted by Gasteiger charge is 2.34. The number of benzene rings is 1. The van der Waals surface area contributed by atoms with Crippen LogP contribution in [-0.2, 0) is 10.2 Å². The summed E-state index contributed by atoms with van der Waals surface area (Å²) in [5.41, 5.74) is 2.61. The molecule has 1 nitrogen and oxygen atoms in total. The first-order valence-corrected chi connectivity index (χ1v) is 5.52. The molecule has 0 aromatic heterocycles. The highest BCUT2D eigenvalue weighted by atomic mass is 16.1. The SMILES string of the molecule is CC1=CC=CC(C)(c2ccc(C)cc2)C1=O. The first-order chi connectivity index (χ1) is 7.54. The minimum Gasteiger partial charge on any atom is -0.293 e. The zero-order valence-corrected chi connectivity index (χ0v) is 9.95. The molecule has 1 atom stereocenters. The van der Waals surface area contributed by atoms with Crippen LogP contribution in [0.25, 0.3) is 0 Å². The Morgan fingerprint density at radius 3 is 2.31 bits per heavy atom. The summed E-state index contributed by atoms with van der Waals surface area (Å²) in [4.78, 5) is 12.2. The normalized spacial score (nSPS) is 24.4. The van der Waals surface area contributed by atoms with E-state index in [1.54, 1.807) is 0 Å². The van der Waals surface area contributed by atoms with Crippen molar-refractivity contribution in [2.24, 2.45) is 0 Å². The Hall–Kier alpha value is -1.63. The van der Waals surface area contributed by atoms with Crippen LogP contribution in [-0.4, -0.2) is 5.78 Å². The van der Waals surface area contributed by atoms with E-state index < -0.39 is 5.41 Å². The van der Waals surface area contributed by atoms with Crippen LogP contribution < -0.4 is 0 Å². The van der Waals surface area contributed by atoms with Gasteiger partial charge in [-0.1, -0.05) is 48.1 Å². The molecule has 0 spiro atoms. The number of hydrogen-bond acceptors (Lipinski definition) is 1. The number of hydrogen-bond donors (Lipinski definition) is 0. The molecule has 0 radical (unpaired) electrons. The molecule has 1 unspecified atom stereocenters. The third-order valence-corrected chi connectivity index (χ3v) is 3.26. The first kappa shape index (κ1) is 10.9. The first-order valence-electron chi connectivity index (χ1n) is 5.52. The molecule has 16 heavy (non-hydrogen) atoms. The number of aryl methyl sites for hydroxylation is 1. The van der Waals surface area contributed by atoms with Crippen LogP contribution in [0.15, 0.2) is 48.1 Å². The van der Waals surface area contributed by atoms with Crippen LogP contribution in [0, 0.1) is 6.92 Å². The molecule has 1 aromatic rings. The third-order valence-electron chi connectivity index (χ3n) is 3.26. The van der Waals surface area contributed by atoms with Crippen molar-refractivity contribution in [1.82, 2.24) is 0 Å². The van der Waals surface area contributed by atoms with Crippen molar-refractivity contribution >= 4 is 5.78 Å². The van der Waals surface area contributed by atoms with Gasteiger partial charge < -0.3 is 0 Å². The van der Waals surface area contributed by atoms with Gasteiger partial charge in [0.05, 0.1) is 5.41 Å². The molecule has 0 saturated carbocycles. The van der Waals surface area contributed by atoms with E-state index in [4.69, 9.17) is 0 Å². The van der Waals surface area contributed by atoms with Gasteiger partial charge in [-0.05, 0) is 31.9 Å². The fraction of sp³-hybridized carbons (Fsp3) is 0.267. The summed E-state index contributed by atoms with van der Waals surface area (Å²) in [5.74, 6) is 0.193. The van der Waals surface area contributed by atoms with Crippen LogP contribution >= 0.6 is 0 Å². The predicted molar refractivity (Wildman–Crippen MR) is 66.4 cm³/mol. The fourth-order valence-electron chi connectivity index (χ4n) is 2.07. The lowest BCUT2D eigenvalue weighted by Gasteiger charge is -2.27. The maximum atomic E-state index is 12.2. The van der Waals surface area contributed by atoms with Gasteiger partial charge in [0.25, 0.3) is 0 Å². The summed E-state index contributed by atoms with van der Waals surface area (Å²) in [6.45, 7) is 5.90. The van der Waals surface area contributed by atoms with Gasteiger partial charge in [-0.25, -0.2) is 0 Å². The van der Waals surface area contributed by atoms with Crippen molar-refractivity contribution in [3.63, 3.8) is 0 Å². The number of ketones is 1. The molecule has 0 N–H and O–H groups in total. The molecular formula is C15H16O. The lowest BCUT2D eigenvalue weighted by Crippen LogP contribution is -2.32. The van der Waals surface area contributed by atoms with E-state index in [0.717, 1.165) is 11.1 Å². The van der Waals surface area contributed by atoms with Crippen molar-refractivity contribution in [3.8, 4) is 0 Å². The van der Waals surface area contributed by atoms with Gasteiger partial charge in [-0.3, -0.25) is 4.79 Å². The monoisotopic (exact) mass is 212 g/mol. The largest absolute Gasteiger partial charge is 0.293 e. The highest BCUT2D eigenvalue weighted by Crippen LogP contribution is 2.32. The molecule has 0 heterocycles. The Labute approximate surface area is 96.5 Å². The predicted octanol–water partition coefficient (Wildman–Crippen LogP) is 3.34. The number of carbonyl (C=O) groups is 1. The maximum absolute atomic E-state index is 12.2. The second-order valence-corrected chi connectivity index (χ2v) is 4.61. The summed E-state index contributed by atoms with van der Waals surface area (Å²) < 4.78 is 0. The highest BCUT2D eigenvalue weighted by molar-refractivity contribution is 6.05. The quantitative estimate of drug-likeness (QED) is 0.697. The number of Topliss-reactive ketones (excluding diaryl/α,β-unsaturated/α-hetero) is 1. The molecule has 0 fully saturated rings. The van der Waals surface area contributed by atoms with Gasteiger partial charge in [0.1, 0.15) is 0 Å². The summed E-state index contributed by atoms with van der Waals surface area (Å²) >= 11 is 0. The Bertz CT molecular complexity index is 477. The minimum atomic E-state index is -0.494. The van der Waals surface area contributed by atoms with Gasteiger partial charge in [0.15, 0.2) is 5.78 Å². The van der Waals surface area contributed by atoms with Crippen molar-refractivity contribution < 1.29 is 4.79 Å². The molecule has 82 valence electrons. The second kappa shape index (κ2) is 3.75. The second-order valence-electron chi connectivity index (χ2n) is 4.61. The number of carbonyl (C=O) groups excluding carboxylic acids is 1.